The zero-order chi connectivity index (χ0) is 14.7. The molecule has 0 saturated heterocycles. The maximum atomic E-state index is 12.0. The number of sulfonamides is 1. The van der Waals surface area contributed by atoms with E-state index in [1.54, 1.807) is 13.8 Å². The van der Waals surface area contributed by atoms with Crippen LogP contribution in [-0.2, 0) is 14.8 Å². The Morgan fingerprint density at radius 1 is 1.26 bits per heavy atom. The number of rotatable bonds is 5. The fourth-order valence-corrected chi connectivity index (χ4v) is 2.51. The van der Waals surface area contributed by atoms with Crippen LogP contribution in [0.1, 0.15) is 20.8 Å². The molecule has 1 aromatic carbocycles. The van der Waals surface area contributed by atoms with E-state index < -0.39 is 15.6 Å². The van der Waals surface area contributed by atoms with Crippen molar-refractivity contribution in [3.05, 3.63) is 24.3 Å². The fraction of sp³-hybridized carbons (Fsp3) is 0.417. The first-order valence-electron chi connectivity index (χ1n) is 5.76. The van der Waals surface area contributed by atoms with Crippen LogP contribution in [0.2, 0.25) is 0 Å². The number of nitrogens with one attached hydrogen (secondary N) is 2. The zero-order valence-corrected chi connectivity index (χ0v) is 12.0. The lowest BCUT2D eigenvalue weighted by molar-refractivity contribution is -0.114. The largest absolute Gasteiger partial charge is 0.326 e. The first-order valence-corrected chi connectivity index (χ1v) is 7.25. The molecule has 0 aliphatic rings. The Labute approximate surface area is 113 Å². The third-order valence-corrected chi connectivity index (χ3v) is 3.62. The van der Waals surface area contributed by atoms with Crippen molar-refractivity contribution in [2.24, 2.45) is 5.73 Å². The third kappa shape index (κ3) is 5.37. The summed E-state index contributed by atoms with van der Waals surface area (Å²) in [4.78, 5) is 11.0. The van der Waals surface area contributed by atoms with Crippen LogP contribution in [0.25, 0.3) is 0 Å². The van der Waals surface area contributed by atoms with Gasteiger partial charge in [-0.1, -0.05) is 0 Å². The number of benzene rings is 1. The number of amides is 1. The molecule has 0 atom stereocenters. The number of hydrogen-bond donors (Lipinski definition) is 3. The van der Waals surface area contributed by atoms with Crippen molar-refractivity contribution in [2.75, 3.05) is 11.9 Å². The molecule has 6 nitrogen and oxygen atoms in total. The SMILES string of the molecule is CC(=O)Nc1ccc(S(=O)(=O)NCC(C)(C)N)cc1. The molecule has 106 valence electrons. The van der Waals surface area contributed by atoms with Gasteiger partial charge in [0.1, 0.15) is 0 Å². The van der Waals surface area contributed by atoms with Crippen LogP contribution >= 0.6 is 0 Å². The highest BCUT2D eigenvalue weighted by Gasteiger charge is 2.18. The summed E-state index contributed by atoms with van der Waals surface area (Å²) < 4.78 is 26.4. The maximum Gasteiger partial charge on any atom is 0.240 e. The van der Waals surface area contributed by atoms with Gasteiger partial charge in [-0.2, -0.15) is 0 Å². The summed E-state index contributed by atoms with van der Waals surface area (Å²) >= 11 is 0. The average molecular weight is 285 g/mol. The highest BCUT2D eigenvalue weighted by molar-refractivity contribution is 7.89. The van der Waals surface area contributed by atoms with Gasteiger partial charge in [0, 0.05) is 24.7 Å². The Morgan fingerprint density at radius 2 is 1.79 bits per heavy atom. The molecule has 4 N–H and O–H groups in total. The van der Waals surface area contributed by atoms with E-state index in [2.05, 4.69) is 10.0 Å². The Balaban J connectivity index is 2.82. The zero-order valence-electron chi connectivity index (χ0n) is 11.2. The molecule has 0 spiro atoms. The number of carbonyl (C=O) groups excluding carboxylic acids is 1. The second-order valence-electron chi connectivity index (χ2n) is 5.02. The van der Waals surface area contributed by atoms with Crippen LogP contribution in [-0.4, -0.2) is 26.4 Å². The molecule has 0 fully saturated rings. The molecule has 19 heavy (non-hydrogen) atoms. The van der Waals surface area contributed by atoms with Gasteiger partial charge in [0.05, 0.1) is 4.90 Å². The summed E-state index contributed by atoms with van der Waals surface area (Å²) in [5, 5.41) is 2.57. The second-order valence-corrected chi connectivity index (χ2v) is 6.79. The molecule has 0 aromatic heterocycles. The minimum Gasteiger partial charge on any atom is -0.326 e. The summed E-state index contributed by atoms with van der Waals surface area (Å²) in [5.74, 6) is -0.210. The third-order valence-electron chi connectivity index (χ3n) is 2.20. The molecular weight excluding hydrogens is 266 g/mol. The molecule has 1 rings (SSSR count). The molecule has 0 aliphatic heterocycles. The predicted molar refractivity (Wildman–Crippen MR) is 74.2 cm³/mol. The Hall–Kier alpha value is -1.44. The van der Waals surface area contributed by atoms with Crippen molar-refractivity contribution in [1.82, 2.24) is 4.72 Å². The quantitative estimate of drug-likeness (QED) is 0.739. The highest BCUT2D eigenvalue weighted by Crippen LogP contribution is 2.14. The van der Waals surface area contributed by atoms with Gasteiger partial charge in [0.15, 0.2) is 0 Å². The van der Waals surface area contributed by atoms with Crippen molar-refractivity contribution in [3.8, 4) is 0 Å². The summed E-state index contributed by atoms with van der Waals surface area (Å²) in [6.07, 6.45) is 0. The standard InChI is InChI=1S/C12H19N3O3S/c1-9(16)15-10-4-6-11(7-5-10)19(17,18)14-8-12(2,3)13/h4-7,14H,8,13H2,1-3H3,(H,15,16). The fourth-order valence-electron chi connectivity index (χ4n) is 1.29. The van der Waals surface area contributed by atoms with Crippen molar-refractivity contribution in [2.45, 2.75) is 31.2 Å². The van der Waals surface area contributed by atoms with Crippen molar-refractivity contribution in [3.63, 3.8) is 0 Å². The van der Waals surface area contributed by atoms with E-state index >= 15 is 0 Å². The van der Waals surface area contributed by atoms with E-state index in [4.69, 9.17) is 5.73 Å². The number of carbonyl (C=O) groups is 1. The molecule has 0 radical (unpaired) electrons. The molecule has 0 aliphatic carbocycles. The molecule has 0 bridgehead atoms. The van der Waals surface area contributed by atoms with Gasteiger partial charge < -0.3 is 11.1 Å². The van der Waals surface area contributed by atoms with Crippen molar-refractivity contribution >= 4 is 21.6 Å². The smallest absolute Gasteiger partial charge is 0.240 e. The second kappa shape index (κ2) is 5.68. The first-order chi connectivity index (χ1) is 8.60. The lowest BCUT2D eigenvalue weighted by atomic mass is 10.1. The van der Waals surface area contributed by atoms with E-state index in [1.165, 1.54) is 31.2 Å². The van der Waals surface area contributed by atoms with Gasteiger partial charge >= 0.3 is 0 Å². The maximum absolute atomic E-state index is 12.0. The summed E-state index contributed by atoms with van der Waals surface area (Å²) in [6, 6.07) is 5.92. The average Bonchev–Trinajstić information content (AvgIpc) is 2.26. The van der Waals surface area contributed by atoms with Crippen LogP contribution < -0.4 is 15.8 Å². The molecule has 0 heterocycles. The van der Waals surface area contributed by atoms with Crippen LogP contribution in [0.4, 0.5) is 5.69 Å². The normalized spacial score (nSPS) is 12.2. The molecule has 0 unspecified atom stereocenters. The van der Waals surface area contributed by atoms with Gasteiger partial charge in [-0.15, -0.1) is 0 Å². The van der Waals surface area contributed by atoms with Crippen molar-refractivity contribution < 1.29 is 13.2 Å². The summed E-state index contributed by atoms with van der Waals surface area (Å²) in [7, 11) is -3.58. The monoisotopic (exact) mass is 285 g/mol. The first kappa shape index (κ1) is 15.6. The molecular formula is C12H19N3O3S. The van der Waals surface area contributed by atoms with Gasteiger partial charge in [-0.05, 0) is 38.1 Å². The lowest BCUT2D eigenvalue weighted by Gasteiger charge is -2.19. The van der Waals surface area contributed by atoms with Crippen LogP contribution in [0.3, 0.4) is 0 Å². The number of anilines is 1. The van der Waals surface area contributed by atoms with Crippen LogP contribution in [0.15, 0.2) is 29.2 Å². The minimum absolute atomic E-state index is 0.130. The Morgan fingerprint density at radius 3 is 2.21 bits per heavy atom. The molecule has 1 amide bonds. The Kier molecular flexibility index (Phi) is 4.67. The number of hydrogen-bond acceptors (Lipinski definition) is 4. The van der Waals surface area contributed by atoms with Crippen molar-refractivity contribution in [1.29, 1.82) is 0 Å². The summed E-state index contributed by atoms with van der Waals surface area (Å²) in [5.41, 5.74) is 5.65. The minimum atomic E-state index is -3.58. The van der Waals surface area contributed by atoms with E-state index in [-0.39, 0.29) is 17.3 Å². The molecule has 0 saturated carbocycles. The van der Waals surface area contributed by atoms with Crippen LogP contribution in [0, 0.1) is 0 Å². The Bertz CT molecular complexity index is 545. The van der Waals surface area contributed by atoms with E-state index in [0.29, 0.717) is 5.69 Å². The van der Waals surface area contributed by atoms with Gasteiger partial charge in [0.2, 0.25) is 15.9 Å². The van der Waals surface area contributed by atoms with E-state index in [1.807, 2.05) is 0 Å². The van der Waals surface area contributed by atoms with Gasteiger partial charge in [-0.3, -0.25) is 4.79 Å². The summed E-state index contributed by atoms with van der Waals surface area (Å²) in [6.45, 7) is 4.99. The number of nitrogens with two attached hydrogens (primary N) is 1. The van der Waals surface area contributed by atoms with Gasteiger partial charge in [-0.25, -0.2) is 13.1 Å². The highest BCUT2D eigenvalue weighted by atomic mass is 32.2. The van der Waals surface area contributed by atoms with Crippen LogP contribution in [0.5, 0.6) is 0 Å². The van der Waals surface area contributed by atoms with Gasteiger partial charge in [0.25, 0.3) is 0 Å². The predicted octanol–water partition coefficient (Wildman–Crippen LogP) is 0.661. The molecule has 1 aromatic rings. The molecule has 7 heteroatoms. The lowest BCUT2D eigenvalue weighted by Crippen LogP contribution is -2.45. The van der Waals surface area contributed by atoms with E-state index in [9.17, 15) is 13.2 Å². The van der Waals surface area contributed by atoms with E-state index in [0.717, 1.165) is 0 Å². The topological polar surface area (TPSA) is 101 Å².